The second-order valence-electron chi connectivity index (χ2n) is 8.94. The number of carbonyl (C=O) groups excluding carboxylic acids is 2. The topological polar surface area (TPSA) is 124 Å². The summed E-state index contributed by atoms with van der Waals surface area (Å²) >= 11 is 0. The zero-order valence-electron chi connectivity index (χ0n) is 21.4. The number of rotatable bonds is 9. The van der Waals surface area contributed by atoms with Gasteiger partial charge in [0.15, 0.2) is 5.43 Å². The highest BCUT2D eigenvalue weighted by Crippen LogP contribution is 2.23. The molecule has 0 saturated heterocycles. The van der Waals surface area contributed by atoms with Gasteiger partial charge in [-0.25, -0.2) is 4.98 Å². The molecule has 0 spiro atoms. The largest absolute Gasteiger partial charge is 0.385 e. The Morgan fingerprint density at radius 2 is 1.78 bits per heavy atom. The number of benzene rings is 1. The van der Waals surface area contributed by atoms with Gasteiger partial charge in [0, 0.05) is 56.6 Å². The molecule has 1 aromatic carbocycles. The number of fused-ring (bicyclic) bond motifs is 1. The highest BCUT2D eigenvalue weighted by molar-refractivity contribution is 5.85. The standard InChI is InChI=1S/C28H32N6O3/c1-4-34-27(29)22(17-24(35)30-2)26(37)21-11-12-23(32-28(21)34)19-9-7-18(8-10-19)16-25(36)31-14-13-20-6-5-15-33(20)3/h5-12,15H,4,13-14,16-17,29H2,1-3H3,(H,30,35)(H,31,36). The first kappa shape index (κ1) is 25.7. The van der Waals surface area contributed by atoms with Gasteiger partial charge in [-0.05, 0) is 36.8 Å². The third kappa shape index (κ3) is 5.55. The van der Waals surface area contributed by atoms with E-state index in [2.05, 4.69) is 10.6 Å². The Kier molecular flexibility index (Phi) is 7.71. The van der Waals surface area contributed by atoms with Crippen molar-refractivity contribution in [1.82, 2.24) is 24.8 Å². The van der Waals surface area contributed by atoms with Crippen molar-refractivity contribution < 1.29 is 9.59 Å². The van der Waals surface area contributed by atoms with Crippen LogP contribution in [0.1, 0.15) is 23.7 Å². The second kappa shape index (κ2) is 11.1. The maximum absolute atomic E-state index is 13.1. The molecule has 3 heterocycles. The zero-order chi connectivity index (χ0) is 26.5. The van der Waals surface area contributed by atoms with E-state index in [4.69, 9.17) is 10.7 Å². The molecule has 4 N–H and O–H groups in total. The van der Waals surface area contributed by atoms with Crippen molar-refractivity contribution in [2.75, 3.05) is 19.3 Å². The van der Waals surface area contributed by atoms with Crippen LogP contribution >= 0.6 is 0 Å². The third-order valence-corrected chi connectivity index (χ3v) is 6.55. The smallest absolute Gasteiger partial charge is 0.224 e. The number of aromatic nitrogens is 3. The van der Waals surface area contributed by atoms with Crippen LogP contribution in [0.15, 0.2) is 59.5 Å². The highest BCUT2D eigenvalue weighted by atomic mass is 16.2. The van der Waals surface area contributed by atoms with Gasteiger partial charge in [0.25, 0.3) is 0 Å². The van der Waals surface area contributed by atoms with E-state index >= 15 is 0 Å². The van der Waals surface area contributed by atoms with Crippen molar-refractivity contribution in [1.29, 1.82) is 0 Å². The summed E-state index contributed by atoms with van der Waals surface area (Å²) in [6, 6.07) is 15.2. The lowest BCUT2D eigenvalue weighted by Gasteiger charge is -2.16. The van der Waals surface area contributed by atoms with Crippen molar-refractivity contribution in [2.45, 2.75) is 32.7 Å². The number of hydrogen-bond acceptors (Lipinski definition) is 5. The molecular weight excluding hydrogens is 468 g/mol. The summed E-state index contributed by atoms with van der Waals surface area (Å²) in [6.07, 6.45) is 2.98. The van der Waals surface area contributed by atoms with Crippen LogP contribution in [0.2, 0.25) is 0 Å². The summed E-state index contributed by atoms with van der Waals surface area (Å²) in [7, 11) is 3.51. The van der Waals surface area contributed by atoms with Crippen molar-refractivity contribution >= 4 is 28.7 Å². The predicted octanol–water partition coefficient (Wildman–Crippen LogP) is 2.19. The maximum Gasteiger partial charge on any atom is 0.224 e. The minimum Gasteiger partial charge on any atom is -0.385 e. The van der Waals surface area contributed by atoms with Gasteiger partial charge in [-0.3, -0.25) is 14.4 Å². The lowest BCUT2D eigenvalue weighted by molar-refractivity contribution is -0.121. The van der Waals surface area contributed by atoms with Crippen LogP contribution in [0.5, 0.6) is 0 Å². The molecule has 0 aliphatic carbocycles. The van der Waals surface area contributed by atoms with Gasteiger partial charge in [-0.2, -0.15) is 0 Å². The Bertz CT molecular complexity index is 1500. The van der Waals surface area contributed by atoms with Gasteiger partial charge in [0.2, 0.25) is 11.8 Å². The Morgan fingerprint density at radius 3 is 2.43 bits per heavy atom. The van der Waals surface area contributed by atoms with Gasteiger partial charge < -0.3 is 25.5 Å². The van der Waals surface area contributed by atoms with E-state index in [1.807, 2.05) is 61.1 Å². The molecule has 0 saturated carbocycles. The number of nitrogens with two attached hydrogens (primary N) is 1. The van der Waals surface area contributed by atoms with Crippen LogP contribution in [-0.4, -0.2) is 39.5 Å². The Hall–Kier alpha value is -4.40. The van der Waals surface area contributed by atoms with Crippen LogP contribution in [0.4, 0.5) is 5.82 Å². The third-order valence-electron chi connectivity index (χ3n) is 6.55. The van der Waals surface area contributed by atoms with Crippen LogP contribution in [0, 0.1) is 0 Å². The van der Waals surface area contributed by atoms with Gasteiger partial charge in [-0.1, -0.05) is 24.3 Å². The summed E-state index contributed by atoms with van der Waals surface area (Å²) in [5.74, 6) is -0.0530. The molecule has 9 heteroatoms. The molecule has 9 nitrogen and oxygen atoms in total. The zero-order valence-corrected chi connectivity index (χ0v) is 21.4. The molecule has 37 heavy (non-hydrogen) atoms. The Balaban J connectivity index is 1.51. The average Bonchev–Trinajstić information content (AvgIpc) is 3.31. The van der Waals surface area contributed by atoms with Gasteiger partial charge >= 0.3 is 0 Å². The molecule has 0 fully saturated rings. The van der Waals surface area contributed by atoms with Crippen molar-refractivity contribution in [3.63, 3.8) is 0 Å². The number of anilines is 1. The minimum absolute atomic E-state index is 0.0270. The molecule has 4 aromatic rings. The molecule has 0 aliphatic rings. The molecule has 0 aliphatic heterocycles. The molecule has 0 unspecified atom stereocenters. The van der Waals surface area contributed by atoms with E-state index in [0.717, 1.165) is 17.5 Å². The Morgan fingerprint density at radius 1 is 1.03 bits per heavy atom. The number of carbonyl (C=O) groups is 2. The first-order valence-electron chi connectivity index (χ1n) is 12.3. The first-order chi connectivity index (χ1) is 17.8. The molecular formula is C28H32N6O3. The highest BCUT2D eigenvalue weighted by Gasteiger charge is 2.18. The van der Waals surface area contributed by atoms with E-state index in [1.54, 1.807) is 16.7 Å². The molecule has 3 aromatic heterocycles. The lowest BCUT2D eigenvalue weighted by atomic mass is 10.0. The summed E-state index contributed by atoms with van der Waals surface area (Å²) in [6.45, 7) is 3.00. The van der Waals surface area contributed by atoms with Gasteiger partial charge in [-0.15, -0.1) is 0 Å². The summed E-state index contributed by atoms with van der Waals surface area (Å²) < 4.78 is 3.80. The molecule has 2 amide bonds. The SMILES string of the molecule is CCn1c(N)c(CC(=O)NC)c(=O)c2ccc(-c3ccc(CC(=O)NCCc4cccn4C)cc3)nc21. The number of nitrogen functional groups attached to an aromatic ring is 1. The first-order valence-corrected chi connectivity index (χ1v) is 12.3. The van der Waals surface area contributed by atoms with Crippen LogP contribution in [0.25, 0.3) is 22.3 Å². The van der Waals surface area contributed by atoms with Gasteiger partial charge in [0.05, 0.1) is 23.9 Å². The van der Waals surface area contributed by atoms with Gasteiger partial charge in [0.1, 0.15) is 11.5 Å². The maximum atomic E-state index is 13.1. The van der Waals surface area contributed by atoms with E-state index in [9.17, 15) is 14.4 Å². The second-order valence-corrected chi connectivity index (χ2v) is 8.94. The monoisotopic (exact) mass is 500 g/mol. The summed E-state index contributed by atoms with van der Waals surface area (Å²) in [5.41, 5.74) is 10.4. The molecule has 0 atom stereocenters. The minimum atomic E-state index is -0.284. The fraction of sp³-hybridized carbons (Fsp3) is 0.286. The van der Waals surface area contributed by atoms with Crippen molar-refractivity contribution in [3.8, 4) is 11.3 Å². The van der Waals surface area contributed by atoms with Crippen LogP contribution in [0.3, 0.4) is 0 Å². The average molecular weight is 501 g/mol. The number of amides is 2. The number of pyridine rings is 2. The van der Waals surface area contributed by atoms with E-state index in [-0.39, 0.29) is 35.0 Å². The van der Waals surface area contributed by atoms with Crippen LogP contribution in [-0.2, 0) is 42.4 Å². The number of nitrogens with zero attached hydrogens (tertiary/aromatic N) is 3. The summed E-state index contributed by atoms with van der Waals surface area (Å²) in [4.78, 5) is 42.1. The van der Waals surface area contributed by atoms with E-state index < -0.39 is 0 Å². The van der Waals surface area contributed by atoms with Crippen molar-refractivity contribution in [2.24, 2.45) is 7.05 Å². The number of likely N-dealkylation sites (N-methyl/N-ethyl adjacent to an activating group) is 1. The molecule has 4 rings (SSSR count). The van der Waals surface area contributed by atoms with Crippen molar-refractivity contribution in [3.05, 3.63) is 81.8 Å². The number of nitrogens with one attached hydrogen (secondary N) is 2. The Labute approximate surface area is 215 Å². The molecule has 0 bridgehead atoms. The molecule has 192 valence electrons. The fourth-order valence-corrected chi connectivity index (χ4v) is 4.42. The van der Waals surface area contributed by atoms with E-state index in [0.29, 0.717) is 36.2 Å². The molecule has 0 radical (unpaired) electrons. The normalized spacial score (nSPS) is 11.0. The van der Waals surface area contributed by atoms with E-state index in [1.165, 1.54) is 12.7 Å². The summed E-state index contributed by atoms with van der Waals surface area (Å²) in [5, 5.41) is 5.92. The quantitative estimate of drug-likeness (QED) is 0.325. The number of hydrogen-bond donors (Lipinski definition) is 3. The number of aryl methyl sites for hydroxylation is 2. The lowest BCUT2D eigenvalue weighted by Crippen LogP contribution is -2.27. The van der Waals surface area contributed by atoms with Crippen LogP contribution < -0.4 is 21.8 Å². The predicted molar refractivity (Wildman–Crippen MR) is 145 cm³/mol. The fourth-order valence-electron chi connectivity index (χ4n) is 4.42.